The molecule has 3 fully saturated rings. The SMILES string of the molecule is CC(=O)OCC1=NC(NC(=O)OCc2ccccc2)C(=O)N(CC(=O)C23CCC(CC2)CNC3)c2c(C)cccc21. The van der Waals surface area contributed by atoms with Crippen molar-refractivity contribution in [1.82, 2.24) is 10.6 Å². The number of carbonyl (C=O) groups is 4. The van der Waals surface area contributed by atoms with Gasteiger partial charge in [-0.15, -0.1) is 0 Å². The van der Waals surface area contributed by atoms with Crippen LogP contribution >= 0.6 is 0 Å². The molecule has 2 N–H and O–H groups in total. The van der Waals surface area contributed by atoms with Crippen molar-refractivity contribution < 1.29 is 28.7 Å². The molecule has 10 heteroatoms. The standard InChI is InChI=1S/C31H36N4O6/c1-20-7-6-10-24-25(18-40-21(2)36)33-28(34-30(39)41-17-23-8-4-3-5-9-23)29(38)35(27(20)24)16-26(37)31-13-11-22(12-14-31)15-32-19-31/h3-10,22,28,32H,11-19H2,1-2H3,(H,34,39). The molecule has 0 aromatic heterocycles. The number of anilines is 1. The Balaban J connectivity index is 1.45. The van der Waals surface area contributed by atoms with E-state index in [-0.39, 0.29) is 25.5 Å². The third kappa shape index (κ3) is 6.32. The second-order valence-electron chi connectivity index (χ2n) is 11.1. The van der Waals surface area contributed by atoms with Crippen molar-refractivity contribution in [3.63, 3.8) is 0 Å². The number of aryl methyl sites for hydroxylation is 1. The van der Waals surface area contributed by atoms with Crippen LogP contribution in [0.3, 0.4) is 0 Å². The molecule has 1 unspecified atom stereocenters. The Labute approximate surface area is 239 Å². The number of hydrogen-bond acceptors (Lipinski definition) is 8. The van der Waals surface area contributed by atoms with E-state index in [1.807, 2.05) is 49.4 Å². The summed E-state index contributed by atoms with van der Waals surface area (Å²) in [5.41, 5.74) is 2.40. The Kier molecular flexibility index (Phi) is 8.49. The summed E-state index contributed by atoms with van der Waals surface area (Å²) in [7, 11) is 0. The van der Waals surface area contributed by atoms with Gasteiger partial charge in [-0.1, -0.05) is 48.5 Å². The van der Waals surface area contributed by atoms with Gasteiger partial charge in [-0.25, -0.2) is 4.79 Å². The molecule has 3 aliphatic heterocycles. The number of benzodiazepines with no additional fused rings is 1. The normalized spacial score (nSPS) is 23.5. The minimum atomic E-state index is -1.39. The number of para-hydroxylation sites is 1. The topological polar surface area (TPSA) is 126 Å². The minimum Gasteiger partial charge on any atom is -0.459 e. The number of nitrogens with zero attached hydrogens (tertiary/aromatic N) is 2. The van der Waals surface area contributed by atoms with E-state index in [1.165, 1.54) is 11.8 Å². The molecule has 216 valence electrons. The lowest BCUT2D eigenvalue weighted by atomic mass is 9.69. The number of Topliss-reactive ketones (excluding diaryl/α,β-unsaturated/α-hetero) is 1. The summed E-state index contributed by atoms with van der Waals surface area (Å²) < 4.78 is 10.6. The first-order valence-electron chi connectivity index (χ1n) is 14.1. The molecule has 2 amide bonds. The minimum absolute atomic E-state index is 0.00957. The number of ether oxygens (including phenoxy) is 2. The molecule has 6 rings (SSSR count). The van der Waals surface area contributed by atoms with E-state index < -0.39 is 29.6 Å². The zero-order valence-corrected chi connectivity index (χ0v) is 23.5. The molecule has 0 radical (unpaired) electrons. The molecule has 1 aliphatic carbocycles. The Morgan fingerprint density at radius 3 is 2.54 bits per heavy atom. The van der Waals surface area contributed by atoms with Gasteiger partial charge in [0, 0.05) is 24.4 Å². The number of benzene rings is 2. The summed E-state index contributed by atoms with van der Waals surface area (Å²) in [4.78, 5) is 58.6. The quantitative estimate of drug-likeness (QED) is 0.475. The first kappa shape index (κ1) is 28.5. The number of aliphatic imine (C=N–C) groups is 1. The lowest BCUT2D eigenvalue weighted by Gasteiger charge is -2.37. The molecular formula is C31H36N4O6. The highest BCUT2D eigenvalue weighted by Gasteiger charge is 2.45. The summed E-state index contributed by atoms with van der Waals surface area (Å²) >= 11 is 0. The summed E-state index contributed by atoms with van der Waals surface area (Å²) in [5.74, 6) is -0.502. The van der Waals surface area contributed by atoms with E-state index in [0.29, 0.717) is 29.4 Å². The Morgan fingerprint density at radius 2 is 1.80 bits per heavy atom. The van der Waals surface area contributed by atoms with Crippen LogP contribution < -0.4 is 15.5 Å². The van der Waals surface area contributed by atoms with Crippen LogP contribution in [-0.2, 0) is 30.5 Å². The van der Waals surface area contributed by atoms with E-state index in [1.54, 1.807) is 6.07 Å². The zero-order chi connectivity index (χ0) is 29.0. The highest BCUT2D eigenvalue weighted by molar-refractivity contribution is 6.16. The smallest absolute Gasteiger partial charge is 0.409 e. The van der Waals surface area contributed by atoms with E-state index in [9.17, 15) is 19.2 Å². The lowest BCUT2D eigenvalue weighted by Crippen LogP contribution is -2.52. The highest BCUT2D eigenvalue weighted by Crippen LogP contribution is 2.42. The summed E-state index contributed by atoms with van der Waals surface area (Å²) in [5, 5.41) is 6.02. The molecule has 1 atom stereocenters. The fourth-order valence-electron chi connectivity index (χ4n) is 6.02. The number of alkyl carbamates (subject to hydrolysis) is 1. The Morgan fingerprint density at radius 1 is 1.05 bits per heavy atom. The van der Waals surface area contributed by atoms with Crippen LogP contribution in [0, 0.1) is 18.3 Å². The molecular weight excluding hydrogens is 524 g/mol. The molecule has 0 spiro atoms. The maximum atomic E-state index is 14.1. The van der Waals surface area contributed by atoms with Crippen molar-refractivity contribution in [2.24, 2.45) is 16.3 Å². The van der Waals surface area contributed by atoms with Crippen LogP contribution in [0.4, 0.5) is 10.5 Å². The predicted octanol–water partition coefficient (Wildman–Crippen LogP) is 3.30. The molecule has 2 aromatic rings. The predicted molar refractivity (Wildman–Crippen MR) is 153 cm³/mol. The second-order valence-corrected chi connectivity index (χ2v) is 11.1. The Bertz CT molecular complexity index is 1340. The van der Waals surface area contributed by atoms with Crippen molar-refractivity contribution in [2.45, 2.75) is 52.3 Å². The number of hydrogen-bond donors (Lipinski definition) is 2. The third-order valence-electron chi connectivity index (χ3n) is 8.33. The zero-order valence-electron chi connectivity index (χ0n) is 23.5. The number of esters is 1. The molecule has 2 aromatic carbocycles. The number of nitrogens with one attached hydrogen (secondary N) is 2. The maximum Gasteiger partial charge on any atom is 0.409 e. The number of carbonyl (C=O) groups excluding carboxylic acids is 4. The average Bonchev–Trinajstić information content (AvgIpc) is 3.36. The van der Waals surface area contributed by atoms with Crippen molar-refractivity contribution >= 4 is 35.2 Å². The fourth-order valence-corrected chi connectivity index (χ4v) is 6.02. The largest absolute Gasteiger partial charge is 0.459 e. The van der Waals surface area contributed by atoms with E-state index in [4.69, 9.17) is 9.47 Å². The van der Waals surface area contributed by atoms with Gasteiger partial charge in [-0.2, -0.15) is 0 Å². The second kappa shape index (κ2) is 12.2. The van der Waals surface area contributed by atoms with Gasteiger partial charge in [-0.3, -0.25) is 24.7 Å². The van der Waals surface area contributed by atoms with Gasteiger partial charge in [0.1, 0.15) is 13.2 Å². The van der Waals surface area contributed by atoms with Crippen LogP contribution in [0.2, 0.25) is 0 Å². The maximum absolute atomic E-state index is 14.1. The molecule has 10 nitrogen and oxygen atoms in total. The number of ketones is 1. The van der Waals surface area contributed by atoms with Crippen molar-refractivity contribution in [1.29, 1.82) is 0 Å². The number of fused-ring (bicyclic) bond motifs is 5. The van der Waals surface area contributed by atoms with Crippen LogP contribution in [0.15, 0.2) is 53.5 Å². The first-order chi connectivity index (χ1) is 19.8. The van der Waals surface area contributed by atoms with Crippen LogP contribution in [0.1, 0.15) is 49.3 Å². The van der Waals surface area contributed by atoms with E-state index in [0.717, 1.165) is 43.4 Å². The lowest BCUT2D eigenvalue weighted by molar-refractivity contribution is -0.139. The number of amides is 2. The summed E-state index contributed by atoms with van der Waals surface area (Å²) in [6, 6.07) is 14.6. The van der Waals surface area contributed by atoms with E-state index in [2.05, 4.69) is 15.6 Å². The van der Waals surface area contributed by atoms with Crippen LogP contribution in [0.25, 0.3) is 0 Å². The molecule has 2 saturated heterocycles. The highest BCUT2D eigenvalue weighted by atomic mass is 16.5. The van der Waals surface area contributed by atoms with Gasteiger partial charge in [0.25, 0.3) is 5.91 Å². The third-order valence-corrected chi connectivity index (χ3v) is 8.33. The summed E-state index contributed by atoms with van der Waals surface area (Å²) in [6.45, 7) is 4.29. The van der Waals surface area contributed by atoms with Gasteiger partial charge < -0.3 is 19.7 Å². The van der Waals surface area contributed by atoms with Gasteiger partial charge in [0.2, 0.25) is 6.17 Å². The molecule has 2 bridgehead atoms. The molecule has 41 heavy (non-hydrogen) atoms. The number of rotatable bonds is 8. The van der Waals surface area contributed by atoms with Crippen molar-refractivity contribution in [3.05, 3.63) is 65.2 Å². The summed E-state index contributed by atoms with van der Waals surface area (Å²) in [6.07, 6.45) is 1.32. The average molecular weight is 561 g/mol. The van der Waals surface area contributed by atoms with Gasteiger partial charge >= 0.3 is 12.1 Å². The molecule has 1 saturated carbocycles. The van der Waals surface area contributed by atoms with Gasteiger partial charge in [0.05, 0.1) is 17.9 Å². The van der Waals surface area contributed by atoms with Gasteiger partial charge in [-0.05, 0) is 56.2 Å². The van der Waals surface area contributed by atoms with Crippen LogP contribution in [-0.4, -0.2) is 61.9 Å². The van der Waals surface area contributed by atoms with E-state index >= 15 is 0 Å². The molecule has 3 heterocycles. The molecule has 4 aliphatic rings. The van der Waals surface area contributed by atoms with Gasteiger partial charge in [0.15, 0.2) is 5.78 Å². The van der Waals surface area contributed by atoms with Crippen LogP contribution in [0.5, 0.6) is 0 Å². The Hall–Kier alpha value is -4.05. The van der Waals surface area contributed by atoms with Crippen molar-refractivity contribution in [2.75, 3.05) is 31.1 Å². The van der Waals surface area contributed by atoms with Crippen molar-refractivity contribution in [3.8, 4) is 0 Å². The first-order valence-corrected chi connectivity index (χ1v) is 14.1. The monoisotopic (exact) mass is 560 g/mol. The fraction of sp³-hybridized carbons (Fsp3) is 0.452.